The number of H-pyrrole nitrogens is 1. The predicted octanol–water partition coefficient (Wildman–Crippen LogP) is 2.00. The van der Waals surface area contributed by atoms with Gasteiger partial charge in [0.15, 0.2) is 5.82 Å². The second-order valence-corrected chi connectivity index (χ2v) is 5.79. The van der Waals surface area contributed by atoms with Crippen LogP contribution in [0.5, 0.6) is 0 Å². The Labute approximate surface area is 130 Å². The van der Waals surface area contributed by atoms with E-state index in [2.05, 4.69) is 25.7 Å². The molecular weight excluding hydrogens is 302 g/mol. The van der Waals surface area contributed by atoms with Crippen molar-refractivity contribution >= 4 is 17.2 Å². The van der Waals surface area contributed by atoms with Crippen molar-refractivity contribution in [3.05, 3.63) is 40.4 Å². The number of hydrogen-bond acceptors (Lipinski definition) is 6. The number of nitrogens with zero attached hydrogens (tertiary/aromatic N) is 3. The van der Waals surface area contributed by atoms with Gasteiger partial charge in [0.2, 0.25) is 5.91 Å². The van der Waals surface area contributed by atoms with E-state index in [0.717, 1.165) is 16.1 Å². The quantitative estimate of drug-likeness (QED) is 0.750. The van der Waals surface area contributed by atoms with Crippen LogP contribution in [0.15, 0.2) is 22.0 Å². The molecule has 114 valence electrons. The van der Waals surface area contributed by atoms with Crippen LogP contribution in [0.25, 0.3) is 10.7 Å². The Morgan fingerprint density at radius 1 is 1.45 bits per heavy atom. The number of aromatic nitrogens is 4. The van der Waals surface area contributed by atoms with Crippen molar-refractivity contribution in [2.24, 2.45) is 0 Å². The Bertz CT molecular complexity index is 756. The molecule has 3 rings (SSSR count). The van der Waals surface area contributed by atoms with E-state index in [1.54, 1.807) is 18.3 Å². The summed E-state index contributed by atoms with van der Waals surface area (Å²) in [5, 5.41) is 15.6. The predicted molar refractivity (Wildman–Crippen MR) is 81.2 cm³/mol. The molecule has 0 saturated carbocycles. The van der Waals surface area contributed by atoms with Gasteiger partial charge in [-0.2, -0.15) is 5.10 Å². The smallest absolute Gasteiger partial charge is 0.224 e. The molecule has 0 atom stereocenters. The minimum absolute atomic E-state index is 0.108. The van der Waals surface area contributed by atoms with E-state index in [9.17, 15) is 4.79 Å². The lowest BCUT2D eigenvalue weighted by Gasteiger charge is -2.02. The summed E-state index contributed by atoms with van der Waals surface area (Å²) in [5.74, 6) is 1.83. The lowest BCUT2D eigenvalue weighted by molar-refractivity contribution is -0.120. The highest BCUT2D eigenvalue weighted by Gasteiger charge is 2.14. The topological polar surface area (TPSA) is 96.7 Å². The normalized spacial score (nSPS) is 10.8. The van der Waals surface area contributed by atoms with Gasteiger partial charge < -0.3 is 9.84 Å². The molecule has 0 aromatic carbocycles. The SMILES string of the molecule is Cc1noc(C)c1CC(=O)NCc1nc(-c2cccs2)n[nH]1. The number of aryl methyl sites for hydroxylation is 2. The zero-order chi connectivity index (χ0) is 15.5. The number of amides is 1. The van der Waals surface area contributed by atoms with Crippen LogP contribution in [0.3, 0.4) is 0 Å². The van der Waals surface area contributed by atoms with Crippen molar-refractivity contribution in [1.29, 1.82) is 0 Å². The van der Waals surface area contributed by atoms with Crippen molar-refractivity contribution < 1.29 is 9.32 Å². The molecule has 0 fully saturated rings. The molecule has 8 heteroatoms. The number of nitrogens with one attached hydrogen (secondary N) is 2. The Balaban J connectivity index is 1.57. The molecule has 22 heavy (non-hydrogen) atoms. The number of thiophene rings is 1. The molecule has 0 radical (unpaired) electrons. The maximum Gasteiger partial charge on any atom is 0.224 e. The van der Waals surface area contributed by atoms with Crippen LogP contribution in [-0.4, -0.2) is 26.2 Å². The number of carbonyl (C=O) groups excluding carboxylic acids is 1. The summed E-state index contributed by atoms with van der Waals surface area (Å²) in [7, 11) is 0. The first-order valence-corrected chi connectivity index (χ1v) is 7.65. The fourth-order valence-electron chi connectivity index (χ4n) is 2.05. The second-order valence-electron chi connectivity index (χ2n) is 4.84. The van der Waals surface area contributed by atoms with Crippen molar-refractivity contribution in [2.45, 2.75) is 26.8 Å². The minimum atomic E-state index is -0.108. The van der Waals surface area contributed by atoms with E-state index in [4.69, 9.17) is 4.52 Å². The largest absolute Gasteiger partial charge is 0.361 e. The fourth-order valence-corrected chi connectivity index (χ4v) is 2.71. The van der Waals surface area contributed by atoms with Crippen LogP contribution in [0, 0.1) is 13.8 Å². The molecule has 0 bridgehead atoms. The zero-order valence-corrected chi connectivity index (χ0v) is 13.0. The van der Waals surface area contributed by atoms with E-state index in [1.165, 1.54) is 0 Å². The van der Waals surface area contributed by atoms with Crippen LogP contribution in [-0.2, 0) is 17.8 Å². The highest BCUT2D eigenvalue weighted by molar-refractivity contribution is 7.13. The number of hydrogen-bond donors (Lipinski definition) is 2. The van der Waals surface area contributed by atoms with Crippen LogP contribution in [0.4, 0.5) is 0 Å². The molecule has 0 unspecified atom stereocenters. The van der Waals surface area contributed by atoms with Gasteiger partial charge in [-0.1, -0.05) is 11.2 Å². The monoisotopic (exact) mass is 317 g/mol. The first kappa shape index (κ1) is 14.5. The molecule has 3 heterocycles. The van der Waals surface area contributed by atoms with Gasteiger partial charge in [-0.3, -0.25) is 9.89 Å². The van der Waals surface area contributed by atoms with E-state index < -0.39 is 0 Å². The minimum Gasteiger partial charge on any atom is -0.361 e. The van der Waals surface area contributed by atoms with Crippen molar-refractivity contribution in [2.75, 3.05) is 0 Å². The highest BCUT2D eigenvalue weighted by Crippen LogP contribution is 2.20. The molecule has 2 N–H and O–H groups in total. The lowest BCUT2D eigenvalue weighted by atomic mass is 10.1. The molecule has 7 nitrogen and oxygen atoms in total. The van der Waals surface area contributed by atoms with E-state index in [1.807, 2.05) is 24.4 Å². The molecule has 0 aliphatic carbocycles. The van der Waals surface area contributed by atoms with Crippen molar-refractivity contribution in [3.8, 4) is 10.7 Å². The molecule has 0 aliphatic rings. The lowest BCUT2D eigenvalue weighted by Crippen LogP contribution is -2.25. The standard InChI is InChI=1S/C14H15N5O2S/c1-8-10(9(2)21-19-8)6-13(20)15-7-12-16-14(18-17-12)11-4-3-5-22-11/h3-5H,6-7H2,1-2H3,(H,15,20)(H,16,17,18). The highest BCUT2D eigenvalue weighted by atomic mass is 32.1. The molecular formula is C14H15N5O2S. The summed E-state index contributed by atoms with van der Waals surface area (Å²) in [6, 6.07) is 3.90. The Kier molecular flexibility index (Phi) is 4.01. The molecule has 0 spiro atoms. The molecule has 0 saturated heterocycles. The van der Waals surface area contributed by atoms with Gasteiger partial charge in [-0.15, -0.1) is 11.3 Å². The average molecular weight is 317 g/mol. The van der Waals surface area contributed by atoms with Crippen LogP contribution < -0.4 is 5.32 Å². The van der Waals surface area contributed by atoms with Crippen LogP contribution in [0.2, 0.25) is 0 Å². The summed E-state index contributed by atoms with van der Waals surface area (Å²) in [5.41, 5.74) is 1.57. The maximum atomic E-state index is 12.0. The Hall–Kier alpha value is -2.48. The van der Waals surface area contributed by atoms with Gasteiger partial charge in [-0.25, -0.2) is 4.98 Å². The average Bonchev–Trinajstić information content (AvgIpc) is 3.22. The summed E-state index contributed by atoms with van der Waals surface area (Å²) in [6.07, 6.45) is 0.243. The first-order valence-electron chi connectivity index (χ1n) is 6.77. The Morgan fingerprint density at radius 2 is 2.32 bits per heavy atom. The number of rotatable bonds is 5. The van der Waals surface area contributed by atoms with Gasteiger partial charge in [0, 0.05) is 5.56 Å². The van der Waals surface area contributed by atoms with Crippen molar-refractivity contribution in [1.82, 2.24) is 25.7 Å². The summed E-state index contributed by atoms with van der Waals surface area (Å²) >= 11 is 1.57. The van der Waals surface area contributed by atoms with Gasteiger partial charge in [0.1, 0.15) is 11.6 Å². The van der Waals surface area contributed by atoms with Crippen LogP contribution >= 0.6 is 11.3 Å². The summed E-state index contributed by atoms with van der Waals surface area (Å²) < 4.78 is 5.05. The van der Waals surface area contributed by atoms with Gasteiger partial charge >= 0.3 is 0 Å². The fraction of sp³-hybridized carbons (Fsp3) is 0.286. The third-order valence-corrected chi connectivity index (χ3v) is 4.11. The second kappa shape index (κ2) is 6.10. The van der Waals surface area contributed by atoms with Gasteiger partial charge in [0.05, 0.1) is 23.5 Å². The Morgan fingerprint density at radius 3 is 3.00 bits per heavy atom. The molecule has 3 aromatic rings. The maximum absolute atomic E-state index is 12.0. The van der Waals surface area contributed by atoms with Gasteiger partial charge in [-0.05, 0) is 25.3 Å². The molecule has 3 aromatic heterocycles. The molecule has 1 amide bonds. The van der Waals surface area contributed by atoms with E-state index >= 15 is 0 Å². The first-order chi connectivity index (χ1) is 10.6. The van der Waals surface area contributed by atoms with E-state index in [0.29, 0.717) is 24.0 Å². The van der Waals surface area contributed by atoms with Crippen molar-refractivity contribution in [3.63, 3.8) is 0 Å². The number of aromatic amines is 1. The molecule has 0 aliphatic heterocycles. The summed E-state index contributed by atoms with van der Waals surface area (Å²) in [6.45, 7) is 3.93. The van der Waals surface area contributed by atoms with Gasteiger partial charge in [0.25, 0.3) is 0 Å². The zero-order valence-electron chi connectivity index (χ0n) is 12.2. The van der Waals surface area contributed by atoms with E-state index in [-0.39, 0.29) is 12.3 Å². The number of carbonyl (C=O) groups is 1. The third kappa shape index (κ3) is 3.06. The van der Waals surface area contributed by atoms with Crippen LogP contribution in [0.1, 0.15) is 22.8 Å². The third-order valence-electron chi connectivity index (χ3n) is 3.24. The summed E-state index contributed by atoms with van der Waals surface area (Å²) in [4.78, 5) is 17.3.